The predicted molar refractivity (Wildman–Crippen MR) is 117 cm³/mol. The lowest BCUT2D eigenvalue weighted by atomic mass is 10.1. The van der Waals surface area contributed by atoms with Crippen molar-refractivity contribution in [1.29, 1.82) is 0 Å². The number of halogens is 1. The van der Waals surface area contributed by atoms with Crippen LogP contribution in [0.25, 0.3) is 11.3 Å². The van der Waals surface area contributed by atoms with Crippen LogP contribution in [0, 0.1) is 5.92 Å². The van der Waals surface area contributed by atoms with Gasteiger partial charge in [-0.1, -0.05) is 12.8 Å². The molecular formula is C22H28BrN3O4. The van der Waals surface area contributed by atoms with Gasteiger partial charge in [-0.15, -0.1) is 0 Å². The van der Waals surface area contributed by atoms with E-state index in [-0.39, 0.29) is 11.9 Å². The molecule has 4 rings (SSSR count). The minimum absolute atomic E-state index is 0.0151. The zero-order chi connectivity index (χ0) is 20.9. The van der Waals surface area contributed by atoms with Gasteiger partial charge in [-0.3, -0.25) is 14.4 Å². The number of benzene rings is 1. The van der Waals surface area contributed by atoms with Crippen LogP contribution in [-0.2, 0) is 16.6 Å². The largest absolute Gasteiger partial charge is 0.492 e. The minimum atomic E-state index is -0.136. The van der Waals surface area contributed by atoms with Crippen molar-refractivity contribution in [2.75, 3.05) is 39.5 Å². The molecule has 2 aromatic rings. The molecule has 0 unspecified atom stereocenters. The van der Waals surface area contributed by atoms with E-state index >= 15 is 0 Å². The monoisotopic (exact) mass is 477 g/mol. The van der Waals surface area contributed by atoms with Crippen LogP contribution in [0.15, 0.2) is 28.9 Å². The van der Waals surface area contributed by atoms with E-state index in [1.54, 1.807) is 10.9 Å². The number of hydrogen-bond donors (Lipinski definition) is 0. The molecular weight excluding hydrogens is 450 g/mol. The van der Waals surface area contributed by atoms with Gasteiger partial charge in [0.25, 0.3) is 0 Å². The van der Waals surface area contributed by atoms with Gasteiger partial charge in [-0.25, -0.2) is 0 Å². The summed E-state index contributed by atoms with van der Waals surface area (Å²) in [5.74, 6) is 1.16. The zero-order valence-corrected chi connectivity index (χ0v) is 18.9. The molecule has 0 N–H and O–H groups in total. The number of carbonyl (C=O) groups excluding carboxylic acids is 1. The average Bonchev–Trinajstić information content (AvgIpc) is 3.40. The van der Waals surface area contributed by atoms with E-state index in [1.165, 1.54) is 0 Å². The molecule has 1 aromatic carbocycles. The molecule has 8 heteroatoms. The topological polar surface area (TPSA) is 65.8 Å². The predicted octanol–water partition coefficient (Wildman–Crippen LogP) is 3.66. The normalized spacial score (nSPS) is 17.9. The lowest BCUT2D eigenvalue weighted by Crippen LogP contribution is -2.38. The molecule has 0 atom stereocenters. The smallest absolute Gasteiger partial charge is 0.314 e. The molecule has 0 amide bonds. The Kier molecular flexibility index (Phi) is 7.07. The number of hydrogen-bond acceptors (Lipinski definition) is 6. The quantitative estimate of drug-likeness (QED) is 0.447. The Bertz CT molecular complexity index is 854. The number of carbonyl (C=O) groups is 1. The number of ether oxygens (including phenoxy) is 3. The van der Waals surface area contributed by atoms with Gasteiger partial charge in [0.1, 0.15) is 18.1 Å². The summed E-state index contributed by atoms with van der Waals surface area (Å²) in [6.45, 7) is 4.82. The van der Waals surface area contributed by atoms with Crippen molar-refractivity contribution in [3.63, 3.8) is 0 Å². The number of nitrogens with zero attached hydrogens (tertiary/aromatic N) is 3. The molecule has 1 saturated carbocycles. The molecule has 0 bridgehead atoms. The number of morpholine rings is 1. The second-order valence-corrected chi connectivity index (χ2v) is 8.68. The van der Waals surface area contributed by atoms with Gasteiger partial charge in [0.15, 0.2) is 0 Å². The SMILES string of the molecule is Cn1ncc(Br)c1-c1cc(OC(=O)C2CCCC2)ccc1OCCN1CCOCC1. The summed E-state index contributed by atoms with van der Waals surface area (Å²) in [6, 6.07) is 5.56. The van der Waals surface area contributed by atoms with Crippen molar-refractivity contribution in [3.8, 4) is 22.8 Å². The van der Waals surface area contributed by atoms with Crippen LogP contribution < -0.4 is 9.47 Å². The Balaban J connectivity index is 1.51. The molecule has 1 saturated heterocycles. The molecule has 1 aliphatic carbocycles. The summed E-state index contributed by atoms with van der Waals surface area (Å²) in [6.07, 6.45) is 5.79. The van der Waals surface area contributed by atoms with E-state index in [9.17, 15) is 4.79 Å². The first-order valence-electron chi connectivity index (χ1n) is 10.6. The fraction of sp³-hybridized carbons (Fsp3) is 0.545. The molecule has 2 aliphatic rings. The Morgan fingerprint density at radius 2 is 2.03 bits per heavy atom. The Morgan fingerprint density at radius 1 is 1.27 bits per heavy atom. The van der Waals surface area contributed by atoms with Crippen molar-refractivity contribution >= 4 is 21.9 Å². The maximum Gasteiger partial charge on any atom is 0.314 e. The first-order chi connectivity index (χ1) is 14.6. The Morgan fingerprint density at radius 3 is 2.73 bits per heavy atom. The molecule has 1 aliphatic heterocycles. The summed E-state index contributed by atoms with van der Waals surface area (Å²) in [5.41, 5.74) is 1.73. The summed E-state index contributed by atoms with van der Waals surface area (Å²) in [7, 11) is 1.88. The van der Waals surface area contributed by atoms with Crippen LogP contribution in [-0.4, -0.2) is 60.1 Å². The highest BCUT2D eigenvalue weighted by atomic mass is 79.9. The minimum Gasteiger partial charge on any atom is -0.492 e. The molecule has 0 spiro atoms. The maximum absolute atomic E-state index is 12.5. The summed E-state index contributed by atoms with van der Waals surface area (Å²) in [5, 5.41) is 4.33. The summed E-state index contributed by atoms with van der Waals surface area (Å²) < 4.78 is 19.9. The first kappa shape index (κ1) is 21.3. The fourth-order valence-electron chi connectivity index (χ4n) is 4.07. The highest BCUT2D eigenvalue weighted by molar-refractivity contribution is 9.10. The maximum atomic E-state index is 12.5. The standard InChI is InChI=1S/C22H28BrN3O4/c1-25-21(19(23)15-24-25)18-14-17(30-22(27)16-4-2-3-5-16)6-7-20(18)29-13-10-26-8-11-28-12-9-26/h6-7,14-16H,2-5,8-13H2,1H3. The van der Waals surface area contributed by atoms with Crippen molar-refractivity contribution in [2.24, 2.45) is 13.0 Å². The van der Waals surface area contributed by atoms with Crippen molar-refractivity contribution < 1.29 is 19.0 Å². The summed E-state index contributed by atoms with van der Waals surface area (Å²) >= 11 is 3.58. The van der Waals surface area contributed by atoms with Crippen molar-refractivity contribution in [1.82, 2.24) is 14.7 Å². The van der Waals surface area contributed by atoms with E-state index in [0.29, 0.717) is 12.4 Å². The molecule has 30 heavy (non-hydrogen) atoms. The second kappa shape index (κ2) is 9.94. The van der Waals surface area contributed by atoms with Gasteiger partial charge >= 0.3 is 5.97 Å². The lowest BCUT2D eigenvalue weighted by molar-refractivity contribution is -0.138. The highest BCUT2D eigenvalue weighted by Crippen LogP contribution is 2.38. The van der Waals surface area contributed by atoms with Crippen LogP contribution >= 0.6 is 15.9 Å². The van der Waals surface area contributed by atoms with Gasteiger partial charge in [0, 0.05) is 32.2 Å². The highest BCUT2D eigenvalue weighted by Gasteiger charge is 2.25. The molecule has 162 valence electrons. The van der Waals surface area contributed by atoms with E-state index in [1.807, 2.05) is 25.2 Å². The van der Waals surface area contributed by atoms with Crippen LogP contribution in [0.2, 0.25) is 0 Å². The third-order valence-electron chi connectivity index (χ3n) is 5.78. The number of aryl methyl sites for hydroxylation is 1. The first-order valence-corrected chi connectivity index (χ1v) is 11.4. The van der Waals surface area contributed by atoms with Crippen LogP contribution in [0.4, 0.5) is 0 Å². The van der Waals surface area contributed by atoms with E-state index in [2.05, 4.69) is 25.9 Å². The van der Waals surface area contributed by atoms with Crippen molar-refractivity contribution in [2.45, 2.75) is 25.7 Å². The van der Waals surface area contributed by atoms with Crippen LogP contribution in [0.1, 0.15) is 25.7 Å². The summed E-state index contributed by atoms with van der Waals surface area (Å²) in [4.78, 5) is 14.8. The van der Waals surface area contributed by atoms with E-state index in [0.717, 1.165) is 80.0 Å². The van der Waals surface area contributed by atoms with Gasteiger partial charge in [-0.05, 0) is 47.0 Å². The second-order valence-electron chi connectivity index (χ2n) is 7.83. The average molecular weight is 478 g/mol. The zero-order valence-electron chi connectivity index (χ0n) is 17.3. The Hall–Kier alpha value is -1.90. The number of esters is 1. The van der Waals surface area contributed by atoms with Gasteiger partial charge in [-0.2, -0.15) is 5.10 Å². The molecule has 2 fully saturated rings. The van der Waals surface area contributed by atoms with Gasteiger partial charge in [0.2, 0.25) is 0 Å². The third-order valence-corrected chi connectivity index (χ3v) is 6.36. The molecule has 1 aromatic heterocycles. The van der Waals surface area contributed by atoms with Gasteiger partial charge in [0.05, 0.1) is 35.5 Å². The van der Waals surface area contributed by atoms with Crippen molar-refractivity contribution in [3.05, 3.63) is 28.9 Å². The lowest BCUT2D eigenvalue weighted by Gasteiger charge is -2.26. The number of rotatable bonds is 7. The van der Waals surface area contributed by atoms with Gasteiger partial charge < -0.3 is 14.2 Å². The van der Waals surface area contributed by atoms with Crippen LogP contribution in [0.3, 0.4) is 0 Å². The van der Waals surface area contributed by atoms with Crippen LogP contribution in [0.5, 0.6) is 11.5 Å². The number of aromatic nitrogens is 2. The van der Waals surface area contributed by atoms with E-state index in [4.69, 9.17) is 14.2 Å². The molecule has 0 radical (unpaired) electrons. The molecule has 7 nitrogen and oxygen atoms in total. The Labute approximate surface area is 185 Å². The third kappa shape index (κ3) is 5.04. The molecule has 2 heterocycles. The fourth-order valence-corrected chi connectivity index (χ4v) is 4.63. The van der Waals surface area contributed by atoms with E-state index < -0.39 is 0 Å².